The average Bonchev–Trinajstić information content (AvgIpc) is 3.36. The van der Waals surface area contributed by atoms with Crippen LogP contribution in [0.5, 0.6) is 0 Å². The van der Waals surface area contributed by atoms with Gasteiger partial charge in [0.1, 0.15) is 0 Å². The molecule has 8 nitrogen and oxygen atoms in total. The summed E-state index contributed by atoms with van der Waals surface area (Å²) >= 11 is 1.21. The first-order chi connectivity index (χ1) is 15.8. The highest BCUT2D eigenvalue weighted by atomic mass is 32.2. The number of sulfonamides is 1. The van der Waals surface area contributed by atoms with Crippen LogP contribution in [0.15, 0.2) is 63.4 Å². The molecule has 1 aliphatic heterocycles. The molecule has 1 aromatic heterocycles. The highest BCUT2D eigenvalue weighted by Crippen LogP contribution is 2.25. The van der Waals surface area contributed by atoms with Gasteiger partial charge in [-0.1, -0.05) is 23.9 Å². The number of amides is 1. The van der Waals surface area contributed by atoms with Gasteiger partial charge in [0.05, 0.1) is 21.0 Å². The predicted molar refractivity (Wildman–Crippen MR) is 130 cm³/mol. The smallest absolute Gasteiger partial charge is 0.262 e. The fourth-order valence-corrected chi connectivity index (χ4v) is 6.25. The van der Waals surface area contributed by atoms with Gasteiger partial charge < -0.3 is 5.32 Å². The lowest BCUT2D eigenvalue weighted by Crippen LogP contribution is -2.28. The molecule has 0 spiro atoms. The van der Waals surface area contributed by atoms with Crippen molar-refractivity contribution in [3.8, 4) is 0 Å². The van der Waals surface area contributed by atoms with Crippen molar-refractivity contribution >= 4 is 44.3 Å². The third-order valence-corrected chi connectivity index (χ3v) is 8.62. The Hall–Kier alpha value is -2.69. The first kappa shape index (κ1) is 23.5. The molecule has 1 amide bonds. The van der Waals surface area contributed by atoms with E-state index in [0.717, 1.165) is 12.8 Å². The quantitative estimate of drug-likeness (QED) is 0.406. The number of carbonyl (C=O) groups is 1. The second-order valence-corrected chi connectivity index (χ2v) is 11.1. The van der Waals surface area contributed by atoms with Crippen LogP contribution in [0, 0.1) is 0 Å². The van der Waals surface area contributed by atoms with E-state index >= 15 is 0 Å². The largest absolute Gasteiger partial charge is 0.325 e. The molecular weight excluding hydrogens is 460 g/mol. The summed E-state index contributed by atoms with van der Waals surface area (Å²) in [7, 11) is -3.49. The number of aromatic nitrogens is 2. The SMILES string of the molecule is CCn1c(SC(C)C(=O)Nc2ccc(S(=O)(=O)N3CCCC3)cc2)nc2ccccc2c1=O. The molecule has 0 saturated carbocycles. The zero-order chi connectivity index (χ0) is 23.6. The summed E-state index contributed by atoms with van der Waals surface area (Å²) in [6.07, 6.45) is 1.75. The van der Waals surface area contributed by atoms with Gasteiger partial charge in [-0.2, -0.15) is 4.31 Å². The third kappa shape index (κ3) is 4.83. The second kappa shape index (κ2) is 9.66. The molecule has 1 saturated heterocycles. The molecule has 33 heavy (non-hydrogen) atoms. The van der Waals surface area contributed by atoms with E-state index < -0.39 is 15.3 Å². The summed E-state index contributed by atoms with van der Waals surface area (Å²) in [6, 6.07) is 13.4. The molecule has 1 unspecified atom stereocenters. The molecular formula is C23H26N4O4S2. The van der Waals surface area contributed by atoms with Crippen LogP contribution in [0.3, 0.4) is 0 Å². The van der Waals surface area contributed by atoms with Crippen LogP contribution >= 0.6 is 11.8 Å². The van der Waals surface area contributed by atoms with E-state index in [0.29, 0.717) is 41.4 Å². The van der Waals surface area contributed by atoms with Crippen LogP contribution in [-0.2, 0) is 21.4 Å². The Morgan fingerprint density at radius 3 is 2.45 bits per heavy atom. The minimum Gasteiger partial charge on any atom is -0.325 e. The summed E-state index contributed by atoms with van der Waals surface area (Å²) in [5.41, 5.74) is 0.970. The van der Waals surface area contributed by atoms with Crippen molar-refractivity contribution in [3.63, 3.8) is 0 Å². The maximum absolute atomic E-state index is 12.8. The molecule has 174 valence electrons. The Kier molecular flexibility index (Phi) is 6.87. The number of benzene rings is 2. The molecule has 1 fully saturated rings. The number of thioether (sulfide) groups is 1. The molecule has 1 atom stereocenters. The van der Waals surface area contributed by atoms with Crippen LogP contribution in [0.1, 0.15) is 26.7 Å². The molecule has 10 heteroatoms. The van der Waals surface area contributed by atoms with Crippen LogP contribution in [0.25, 0.3) is 10.9 Å². The lowest BCUT2D eigenvalue weighted by atomic mass is 10.2. The fraction of sp³-hybridized carbons (Fsp3) is 0.348. The number of carbonyl (C=O) groups excluding carboxylic acids is 1. The minimum atomic E-state index is -3.49. The van der Waals surface area contributed by atoms with E-state index in [-0.39, 0.29) is 16.4 Å². The van der Waals surface area contributed by atoms with Crippen molar-refractivity contribution in [3.05, 3.63) is 58.9 Å². The second-order valence-electron chi connectivity index (χ2n) is 7.85. The fourth-order valence-electron chi connectivity index (χ4n) is 3.76. The molecule has 0 bridgehead atoms. The van der Waals surface area contributed by atoms with Gasteiger partial charge in [-0.25, -0.2) is 13.4 Å². The van der Waals surface area contributed by atoms with Crippen LogP contribution in [-0.4, -0.2) is 46.5 Å². The Labute approximate surface area is 197 Å². The number of hydrogen-bond acceptors (Lipinski definition) is 6. The van der Waals surface area contributed by atoms with E-state index in [9.17, 15) is 18.0 Å². The zero-order valence-corrected chi connectivity index (χ0v) is 20.2. The summed E-state index contributed by atoms with van der Waals surface area (Å²) in [6.45, 7) is 5.14. The number of hydrogen-bond donors (Lipinski definition) is 1. The predicted octanol–water partition coefficient (Wildman–Crippen LogP) is 3.32. The van der Waals surface area contributed by atoms with Gasteiger partial charge in [-0.05, 0) is 63.1 Å². The summed E-state index contributed by atoms with van der Waals surface area (Å²) in [4.78, 5) is 30.4. The first-order valence-corrected chi connectivity index (χ1v) is 13.2. The van der Waals surface area contributed by atoms with Gasteiger partial charge >= 0.3 is 0 Å². The van der Waals surface area contributed by atoms with Gasteiger partial charge in [0.15, 0.2) is 5.16 Å². The van der Waals surface area contributed by atoms with E-state index in [2.05, 4.69) is 10.3 Å². The van der Waals surface area contributed by atoms with Gasteiger partial charge in [-0.3, -0.25) is 14.2 Å². The van der Waals surface area contributed by atoms with Crippen molar-refractivity contribution < 1.29 is 13.2 Å². The number of nitrogens with one attached hydrogen (secondary N) is 1. The Morgan fingerprint density at radius 1 is 1.12 bits per heavy atom. The van der Waals surface area contributed by atoms with Gasteiger partial charge in [0, 0.05) is 25.3 Å². The lowest BCUT2D eigenvalue weighted by Gasteiger charge is -2.17. The van der Waals surface area contributed by atoms with Crippen molar-refractivity contribution in [2.45, 2.75) is 48.5 Å². The van der Waals surface area contributed by atoms with Gasteiger partial charge in [0.25, 0.3) is 5.56 Å². The summed E-state index contributed by atoms with van der Waals surface area (Å²) in [5.74, 6) is -0.264. The molecule has 1 aliphatic rings. The number of rotatable bonds is 7. The Morgan fingerprint density at radius 2 is 1.79 bits per heavy atom. The monoisotopic (exact) mass is 486 g/mol. The number of para-hydroxylation sites is 1. The minimum absolute atomic E-state index is 0.131. The Balaban J connectivity index is 1.48. The van der Waals surface area contributed by atoms with Gasteiger partial charge in [0.2, 0.25) is 15.9 Å². The van der Waals surface area contributed by atoms with Crippen LogP contribution in [0.2, 0.25) is 0 Å². The first-order valence-electron chi connectivity index (χ1n) is 10.9. The van der Waals surface area contributed by atoms with E-state index in [1.54, 1.807) is 41.8 Å². The maximum atomic E-state index is 12.8. The molecule has 4 rings (SSSR count). The highest BCUT2D eigenvalue weighted by molar-refractivity contribution is 8.00. The van der Waals surface area contributed by atoms with Crippen molar-refractivity contribution in [2.24, 2.45) is 0 Å². The van der Waals surface area contributed by atoms with Crippen LogP contribution < -0.4 is 10.9 Å². The van der Waals surface area contributed by atoms with Gasteiger partial charge in [-0.15, -0.1) is 0 Å². The standard InChI is InChI=1S/C23H26N4O4S2/c1-3-27-22(29)19-8-4-5-9-20(19)25-23(27)32-16(2)21(28)24-17-10-12-18(13-11-17)33(30,31)26-14-6-7-15-26/h4-5,8-13,16H,3,6-7,14-15H2,1-2H3,(H,24,28). The maximum Gasteiger partial charge on any atom is 0.262 e. The van der Waals surface area contributed by atoms with Crippen molar-refractivity contribution in [1.29, 1.82) is 0 Å². The van der Waals surface area contributed by atoms with E-state index in [4.69, 9.17) is 0 Å². The highest BCUT2D eigenvalue weighted by Gasteiger charge is 2.27. The molecule has 2 heterocycles. The molecule has 2 aromatic carbocycles. The van der Waals surface area contributed by atoms with Crippen LogP contribution in [0.4, 0.5) is 5.69 Å². The van der Waals surface area contributed by atoms with E-state index in [1.165, 1.54) is 28.2 Å². The number of anilines is 1. The molecule has 0 radical (unpaired) electrons. The molecule has 3 aromatic rings. The number of fused-ring (bicyclic) bond motifs is 1. The molecule has 0 aliphatic carbocycles. The summed E-state index contributed by atoms with van der Waals surface area (Å²) in [5, 5.41) is 3.32. The van der Waals surface area contributed by atoms with E-state index in [1.807, 2.05) is 13.0 Å². The average molecular weight is 487 g/mol. The van der Waals surface area contributed by atoms with Crippen molar-refractivity contribution in [2.75, 3.05) is 18.4 Å². The zero-order valence-electron chi connectivity index (χ0n) is 18.5. The third-order valence-electron chi connectivity index (χ3n) is 5.62. The normalized spacial score (nSPS) is 15.6. The Bertz CT molecular complexity index is 1330. The van der Waals surface area contributed by atoms with Crippen molar-refractivity contribution in [1.82, 2.24) is 13.9 Å². The topological polar surface area (TPSA) is 101 Å². The lowest BCUT2D eigenvalue weighted by molar-refractivity contribution is -0.115. The number of nitrogens with zero attached hydrogens (tertiary/aromatic N) is 3. The molecule has 1 N–H and O–H groups in total. The summed E-state index contributed by atoms with van der Waals surface area (Å²) < 4.78 is 28.4.